The number of azide groups is 1. The minimum Gasteiger partial charge on any atom is -0.388 e. The van der Waals surface area contributed by atoms with Crippen molar-refractivity contribution in [3.63, 3.8) is 0 Å². The van der Waals surface area contributed by atoms with Crippen LogP contribution in [0, 0.1) is 0 Å². The van der Waals surface area contributed by atoms with Crippen molar-refractivity contribution in [2.24, 2.45) is 5.11 Å². The molecule has 1 aliphatic rings. The van der Waals surface area contributed by atoms with Crippen molar-refractivity contribution in [3.05, 3.63) is 10.4 Å². The highest BCUT2D eigenvalue weighted by Crippen LogP contribution is 2.25. The first-order valence-corrected chi connectivity index (χ1v) is 5.64. The summed E-state index contributed by atoms with van der Waals surface area (Å²) in [6.07, 6.45) is -6.09. The van der Waals surface area contributed by atoms with Crippen molar-refractivity contribution < 1.29 is 24.8 Å². The van der Waals surface area contributed by atoms with Crippen LogP contribution in [-0.2, 0) is 9.47 Å². The Labute approximate surface area is 105 Å². The van der Waals surface area contributed by atoms with E-state index in [1.807, 2.05) is 0 Å². The molecule has 0 aliphatic carbocycles. The molecular formula is C10H19N3O5. The van der Waals surface area contributed by atoms with Gasteiger partial charge in [-0.25, -0.2) is 0 Å². The third-order valence-corrected chi connectivity index (χ3v) is 2.46. The van der Waals surface area contributed by atoms with E-state index >= 15 is 0 Å². The Hall–Kier alpha value is -0.890. The Morgan fingerprint density at radius 3 is 2.33 bits per heavy atom. The highest BCUT2D eigenvalue weighted by atomic mass is 16.7. The highest BCUT2D eigenvalue weighted by molar-refractivity contribution is 4.90. The molecule has 0 aromatic heterocycles. The largest absolute Gasteiger partial charge is 0.388 e. The Bertz CT molecular complexity index is 326. The molecule has 2 unspecified atom stereocenters. The molecular weight excluding hydrogens is 242 g/mol. The van der Waals surface area contributed by atoms with E-state index in [2.05, 4.69) is 10.0 Å². The monoisotopic (exact) mass is 261 g/mol. The summed E-state index contributed by atoms with van der Waals surface area (Å²) in [6.45, 7) is 5.15. The summed E-state index contributed by atoms with van der Waals surface area (Å²) in [5, 5.41) is 32.4. The molecule has 0 amide bonds. The first-order valence-electron chi connectivity index (χ1n) is 5.64. The van der Waals surface area contributed by atoms with Gasteiger partial charge in [0.1, 0.15) is 18.3 Å². The maximum atomic E-state index is 9.75. The van der Waals surface area contributed by atoms with Crippen LogP contribution in [0.3, 0.4) is 0 Å². The van der Waals surface area contributed by atoms with Gasteiger partial charge in [0.25, 0.3) is 0 Å². The SMILES string of the molecule is CC(C)(C)O[C@H]1OC(CN=[N+]=[N-])[C@H](O)[C@H](O)C1O. The highest BCUT2D eigenvalue weighted by Gasteiger charge is 2.45. The molecule has 1 aliphatic heterocycles. The van der Waals surface area contributed by atoms with Crippen molar-refractivity contribution in [1.82, 2.24) is 0 Å². The van der Waals surface area contributed by atoms with Crippen LogP contribution in [0.25, 0.3) is 10.4 Å². The molecule has 1 fully saturated rings. The van der Waals surface area contributed by atoms with E-state index in [-0.39, 0.29) is 6.54 Å². The average Bonchev–Trinajstić information content (AvgIpc) is 2.27. The van der Waals surface area contributed by atoms with Gasteiger partial charge in [0, 0.05) is 4.91 Å². The molecule has 1 rings (SSSR count). The summed E-state index contributed by atoms with van der Waals surface area (Å²) in [5.41, 5.74) is 7.64. The lowest BCUT2D eigenvalue weighted by atomic mass is 9.98. The normalized spacial score (nSPS) is 37.1. The Balaban J connectivity index is 2.76. The van der Waals surface area contributed by atoms with Crippen molar-refractivity contribution in [2.45, 2.75) is 57.1 Å². The predicted octanol–water partition coefficient (Wildman–Crippen LogP) is -0.0806. The number of ether oxygens (including phenoxy) is 2. The summed E-state index contributed by atoms with van der Waals surface area (Å²) >= 11 is 0. The molecule has 104 valence electrons. The molecule has 0 aromatic carbocycles. The number of nitrogens with zero attached hydrogens (tertiary/aromatic N) is 3. The van der Waals surface area contributed by atoms with Gasteiger partial charge in [0.05, 0.1) is 18.2 Å². The number of aliphatic hydroxyl groups is 3. The quantitative estimate of drug-likeness (QED) is 0.372. The van der Waals surface area contributed by atoms with E-state index in [1.54, 1.807) is 20.8 Å². The van der Waals surface area contributed by atoms with Crippen molar-refractivity contribution in [1.29, 1.82) is 0 Å². The number of hydrogen-bond acceptors (Lipinski definition) is 6. The number of aliphatic hydroxyl groups excluding tert-OH is 3. The summed E-state index contributed by atoms with van der Waals surface area (Å²) in [4.78, 5) is 2.56. The minimum absolute atomic E-state index is 0.147. The molecule has 0 bridgehead atoms. The smallest absolute Gasteiger partial charge is 0.187 e. The van der Waals surface area contributed by atoms with Crippen LogP contribution in [0.1, 0.15) is 20.8 Å². The van der Waals surface area contributed by atoms with Crippen molar-refractivity contribution >= 4 is 0 Å². The zero-order valence-corrected chi connectivity index (χ0v) is 10.6. The van der Waals surface area contributed by atoms with E-state index in [0.29, 0.717) is 0 Å². The second kappa shape index (κ2) is 5.83. The zero-order chi connectivity index (χ0) is 13.9. The van der Waals surface area contributed by atoms with Gasteiger partial charge in [0.2, 0.25) is 0 Å². The lowest BCUT2D eigenvalue weighted by Gasteiger charge is -2.42. The molecule has 0 spiro atoms. The summed E-state index contributed by atoms with van der Waals surface area (Å²) in [6, 6.07) is 0. The molecule has 8 nitrogen and oxygen atoms in total. The van der Waals surface area contributed by atoms with Gasteiger partial charge in [-0.15, -0.1) is 0 Å². The Kier molecular flexibility index (Phi) is 4.92. The third kappa shape index (κ3) is 3.81. The fourth-order valence-electron chi connectivity index (χ4n) is 1.63. The predicted molar refractivity (Wildman–Crippen MR) is 61.5 cm³/mol. The van der Waals surface area contributed by atoms with Gasteiger partial charge < -0.3 is 24.8 Å². The van der Waals surface area contributed by atoms with E-state index in [4.69, 9.17) is 15.0 Å². The standard InChI is InChI=1S/C10H19N3O5/c1-10(2,3)18-9-8(16)7(15)6(14)5(17-9)4-12-13-11/h5-9,14-16H,4H2,1-3H3/t5?,6-,7-,8?,9+/m0/s1. The second-order valence-electron chi connectivity index (χ2n) is 5.16. The van der Waals surface area contributed by atoms with E-state index < -0.39 is 36.3 Å². The maximum Gasteiger partial charge on any atom is 0.187 e. The lowest BCUT2D eigenvalue weighted by Crippen LogP contribution is -2.60. The fraction of sp³-hybridized carbons (Fsp3) is 1.00. The minimum atomic E-state index is -1.41. The van der Waals surface area contributed by atoms with Crippen molar-refractivity contribution in [2.75, 3.05) is 6.54 Å². The molecule has 18 heavy (non-hydrogen) atoms. The molecule has 3 N–H and O–H groups in total. The van der Waals surface area contributed by atoms with Crippen LogP contribution in [0.4, 0.5) is 0 Å². The molecule has 0 aromatic rings. The molecule has 1 heterocycles. The molecule has 0 radical (unpaired) electrons. The van der Waals surface area contributed by atoms with Gasteiger partial charge in [0.15, 0.2) is 6.29 Å². The molecule has 0 saturated carbocycles. The van der Waals surface area contributed by atoms with Gasteiger partial charge in [-0.05, 0) is 26.3 Å². The first-order chi connectivity index (χ1) is 8.26. The van der Waals surface area contributed by atoms with E-state index in [9.17, 15) is 15.3 Å². The Morgan fingerprint density at radius 2 is 1.83 bits per heavy atom. The zero-order valence-electron chi connectivity index (χ0n) is 10.6. The topological polar surface area (TPSA) is 128 Å². The lowest BCUT2D eigenvalue weighted by molar-refractivity contribution is -0.315. The number of rotatable bonds is 3. The molecule has 8 heteroatoms. The summed E-state index contributed by atoms with van der Waals surface area (Å²) < 4.78 is 10.8. The van der Waals surface area contributed by atoms with Crippen LogP contribution >= 0.6 is 0 Å². The molecule has 5 atom stereocenters. The van der Waals surface area contributed by atoms with Crippen LogP contribution in [-0.4, -0.2) is 58.2 Å². The number of hydrogen-bond donors (Lipinski definition) is 3. The Morgan fingerprint density at radius 1 is 1.22 bits per heavy atom. The summed E-state index contributed by atoms with van der Waals surface area (Å²) in [7, 11) is 0. The van der Waals surface area contributed by atoms with Crippen LogP contribution in [0.2, 0.25) is 0 Å². The van der Waals surface area contributed by atoms with Crippen molar-refractivity contribution in [3.8, 4) is 0 Å². The van der Waals surface area contributed by atoms with Crippen LogP contribution in [0.5, 0.6) is 0 Å². The first kappa shape index (κ1) is 15.2. The maximum absolute atomic E-state index is 9.75. The third-order valence-electron chi connectivity index (χ3n) is 2.46. The van der Waals surface area contributed by atoms with Gasteiger partial charge in [-0.2, -0.15) is 0 Å². The second-order valence-corrected chi connectivity index (χ2v) is 5.16. The van der Waals surface area contributed by atoms with E-state index in [0.717, 1.165) is 0 Å². The van der Waals surface area contributed by atoms with Gasteiger partial charge >= 0.3 is 0 Å². The van der Waals surface area contributed by atoms with E-state index in [1.165, 1.54) is 0 Å². The van der Waals surface area contributed by atoms with Crippen LogP contribution in [0.15, 0.2) is 5.11 Å². The van der Waals surface area contributed by atoms with Crippen LogP contribution < -0.4 is 0 Å². The van der Waals surface area contributed by atoms with Gasteiger partial charge in [-0.3, -0.25) is 0 Å². The molecule has 1 saturated heterocycles. The summed E-state index contributed by atoms with van der Waals surface area (Å²) in [5.74, 6) is 0. The fourth-order valence-corrected chi connectivity index (χ4v) is 1.63. The van der Waals surface area contributed by atoms with Gasteiger partial charge in [-0.1, -0.05) is 5.11 Å². The average molecular weight is 261 g/mol.